The number of alkyl halides is 3. The molecule has 2 aromatic carbocycles. The number of aromatic nitrogens is 4. The van der Waals surface area contributed by atoms with Crippen LogP contribution in [-0.4, -0.2) is 37.6 Å². The number of imidazole rings is 1. The smallest absolute Gasteiger partial charge is 0.450 e. The standard InChI is InChI=1S/C21H16F3N5O3/c1-32-13-6-7-16-15(8-13)27-20(21(22,23)24)29(16)18-10-25-17(9-26-18)28-19(31)14-5-3-2-4-12(14)11-30/h2-10,30H,11H2,1H3,(H,25,28,31). The highest BCUT2D eigenvalue weighted by molar-refractivity contribution is 6.04. The number of anilines is 1. The number of carbonyl (C=O) groups excluding carboxylic acids is 1. The quantitative estimate of drug-likeness (QED) is 0.489. The van der Waals surface area contributed by atoms with Gasteiger partial charge in [-0.2, -0.15) is 13.2 Å². The number of amides is 1. The Morgan fingerprint density at radius 2 is 1.94 bits per heavy atom. The van der Waals surface area contributed by atoms with Crippen molar-refractivity contribution in [2.75, 3.05) is 12.4 Å². The second-order valence-corrected chi connectivity index (χ2v) is 6.65. The third kappa shape index (κ3) is 3.97. The molecule has 4 aromatic rings. The lowest BCUT2D eigenvalue weighted by atomic mass is 10.1. The summed E-state index contributed by atoms with van der Waals surface area (Å²) in [7, 11) is 1.40. The number of methoxy groups -OCH3 is 1. The van der Waals surface area contributed by atoms with Crippen molar-refractivity contribution in [2.24, 2.45) is 0 Å². The van der Waals surface area contributed by atoms with E-state index in [0.29, 0.717) is 11.3 Å². The Morgan fingerprint density at radius 3 is 2.59 bits per heavy atom. The summed E-state index contributed by atoms with van der Waals surface area (Å²) in [5, 5.41) is 11.9. The maximum atomic E-state index is 13.6. The fraction of sp³-hybridized carbons (Fsp3) is 0.143. The number of rotatable bonds is 5. The highest BCUT2D eigenvalue weighted by Crippen LogP contribution is 2.34. The molecule has 0 aliphatic carbocycles. The molecule has 32 heavy (non-hydrogen) atoms. The van der Waals surface area contributed by atoms with Crippen LogP contribution in [0.3, 0.4) is 0 Å². The van der Waals surface area contributed by atoms with Crippen molar-refractivity contribution in [1.29, 1.82) is 0 Å². The molecule has 2 aromatic heterocycles. The number of halogens is 3. The number of hydrogen-bond donors (Lipinski definition) is 2. The summed E-state index contributed by atoms with van der Waals surface area (Å²) >= 11 is 0. The van der Waals surface area contributed by atoms with Crippen LogP contribution in [0.1, 0.15) is 21.7 Å². The molecule has 0 aliphatic rings. The molecule has 0 saturated carbocycles. The van der Waals surface area contributed by atoms with Gasteiger partial charge in [0.2, 0.25) is 5.82 Å². The Morgan fingerprint density at radius 1 is 1.16 bits per heavy atom. The van der Waals surface area contributed by atoms with Crippen LogP contribution in [0.2, 0.25) is 0 Å². The lowest BCUT2D eigenvalue weighted by Gasteiger charge is -2.11. The van der Waals surface area contributed by atoms with Crippen LogP contribution in [0.4, 0.5) is 19.0 Å². The van der Waals surface area contributed by atoms with Gasteiger partial charge in [0, 0.05) is 11.6 Å². The maximum Gasteiger partial charge on any atom is 0.450 e. The van der Waals surface area contributed by atoms with Crippen molar-refractivity contribution in [1.82, 2.24) is 19.5 Å². The van der Waals surface area contributed by atoms with Gasteiger partial charge in [-0.3, -0.25) is 9.36 Å². The summed E-state index contributed by atoms with van der Waals surface area (Å²) < 4.78 is 46.8. The molecule has 1 amide bonds. The maximum absolute atomic E-state index is 13.6. The molecule has 11 heteroatoms. The van der Waals surface area contributed by atoms with E-state index in [2.05, 4.69) is 20.3 Å². The molecule has 0 bridgehead atoms. The molecule has 0 saturated heterocycles. The van der Waals surface area contributed by atoms with Gasteiger partial charge in [-0.05, 0) is 23.8 Å². The zero-order valence-electron chi connectivity index (χ0n) is 16.6. The zero-order valence-corrected chi connectivity index (χ0v) is 16.6. The first-order valence-electron chi connectivity index (χ1n) is 9.28. The molecule has 164 valence electrons. The fourth-order valence-electron chi connectivity index (χ4n) is 3.17. The Bertz CT molecular complexity index is 1290. The van der Waals surface area contributed by atoms with E-state index in [1.165, 1.54) is 31.4 Å². The fourth-order valence-corrected chi connectivity index (χ4v) is 3.17. The molecule has 0 atom stereocenters. The average molecular weight is 443 g/mol. The molecule has 0 radical (unpaired) electrons. The van der Waals surface area contributed by atoms with E-state index < -0.39 is 17.9 Å². The molecule has 0 unspecified atom stereocenters. The Labute approximate surface area is 179 Å². The predicted molar refractivity (Wildman–Crippen MR) is 109 cm³/mol. The molecule has 8 nitrogen and oxygen atoms in total. The second-order valence-electron chi connectivity index (χ2n) is 6.65. The number of carbonyl (C=O) groups is 1. The number of hydrogen-bond acceptors (Lipinski definition) is 6. The lowest BCUT2D eigenvalue weighted by molar-refractivity contribution is -0.145. The van der Waals surface area contributed by atoms with E-state index in [-0.39, 0.29) is 34.8 Å². The van der Waals surface area contributed by atoms with Crippen molar-refractivity contribution in [3.8, 4) is 11.6 Å². The first-order valence-corrected chi connectivity index (χ1v) is 9.28. The van der Waals surface area contributed by atoms with Crippen molar-refractivity contribution in [3.63, 3.8) is 0 Å². The van der Waals surface area contributed by atoms with Gasteiger partial charge in [0.15, 0.2) is 11.6 Å². The van der Waals surface area contributed by atoms with Crippen LogP contribution < -0.4 is 10.1 Å². The van der Waals surface area contributed by atoms with Gasteiger partial charge in [0.1, 0.15) is 5.75 Å². The molecular weight excluding hydrogens is 427 g/mol. The minimum Gasteiger partial charge on any atom is -0.497 e. The number of nitrogens with zero attached hydrogens (tertiary/aromatic N) is 4. The van der Waals surface area contributed by atoms with Crippen LogP contribution in [0.5, 0.6) is 5.75 Å². The molecule has 2 N–H and O–H groups in total. The number of fused-ring (bicyclic) bond motifs is 1. The minimum absolute atomic E-state index is 0.0335. The van der Waals surface area contributed by atoms with Crippen molar-refractivity contribution >= 4 is 22.8 Å². The first-order chi connectivity index (χ1) is 15.3. The monoisotopic (exact) mass is 443 g/mol. The third-order valence-electron chi connectivity index (χ3n) is 4.66. The van der Waals surface area contributed by atoms with Crippen molar-refractivity contribution < 1.29 is 27.8 Å². The lowest BCUT2D eigenvalue weighted by Crippen LogP contribution is -2.17. The SMILES string of the molecule is COc1ccc2c(c1)nc(C(F)(F)F)n2-c1cnc(NC(=O)c2ccccc2CO)cn1. The summed E-state index contributed by atoms with van der Waals surface area (Å²) in [6.45, 7) is -0.326. The predicted octanol–water partition coefficient (Wildman–Crippen LogP) is 3.59. The van der Waals surface area contributed by atoms with Gasteiger partial charge in [-0.1, -0.05) is 18.2 Å². The number of aliphatic hydroxyl groups is 1. The van der Waals surface area contributed by atoms with Gasteiger partial charge < -0.3 is 15.2 Å². The van der Waals surface area contributed by atoms with E-state index in [9.17, 15) is 23.1 Å². The van der Waals surface area contributed by atoms with E-state index in [0.717, 1.165) is 17.0 Å². The van der Waals surface area contributed by atoms with Gasteiger partial charge in [-0.25, -0.2) is 15.0 Å². The molecule has 2 heterocycles. The topological polar surface area (TPSA) is 102 Å². The van der Waals surface area contributed by atoms with Crippen LogP contribution in [-0.2, 0) is 12.8 Å². The van der Waals surface area contributed by atoms with Crippen molar-refractivity contribution in [2.45, 2.75) is 12.8 Å². The minimum atomic E-state index is -4.74. The van der Waals surface area contributed by atoms with Gasteiger partial charge in [0.05, 0.1) is 37.1 Å². The first kappa shape index (κ1) is 21.2. The molecule has 0 spiro atoms. The number of benzene rings is 2. The zero-order chi connectivity index (χ0) is 22.9. The van der Waals surface area contributed by atoms with Crippen LogP contribution in [0.25, 0.3) is 16.9 Å². The Hall–Kier alpha value is -3.99. The van der Waals surface area contributed by atoms with Crippen LogP contribution in [0.15, 0.2) is 54.9 Å². The molecular formula is C21H16F3N5O3. The Kier molecular flexibility index (Phi) is 5.49. The number of nitrogens with one attached hydrogen (secondary N) is 1. The Balaban J connectivity index is 1.69. The normalized spacial score (nSPS) is 11.5. The second kappa shape index (κ2) is 8.27. The highest BCUT2D eigenvalue weighted by Gasteiger charge is 2.38. The highest BCUT2D eigenvalue weighted by atomic mass is 19.4. The van der Waals surface area contributed by atoms with Crippen LogP contribution in [0, 0.1) is 0 Å². The summed E-state index contributed by atoms with van der Waals surface area (Å²) in [6.07, 6.45) is -2.49. The largest absolute Gasteiger partial charge is 0.497 e. The van der Waals surface area contributed by atoms with E-state index in [1.807, 2.05) is 0 Å². The van der Waals surface area contributed by atoms with E-state index >= 15 is 0 Å². The summed E-state index contributed by atoms with van der Waals surface area (Å²) in [6, 6.07) is 10.8. The van der Waals surface area contributed by atoms with Crippen LogP contribution >= 0.6 is 0 Å². The number of ether oxygens (including phenoxy) is 1. The van der Waals surface area contributed by atoms with Gasteiger partial charge in [0.25, 0.3) is 5.91 Å². The van der Waals surface area contributed by atoms with Crippen molar-refractivity contribution in [3.05, 3.63) is 71.8 Å². The van der Waals surface area contributed by atoms with E-state index in [4.69, 9.17) is 4.74 Å². The summed E-state index contributed by atoms with van der Waals surface area (Å²) in [5.41, 5.74) is 0.914. The summed E-state index contributed by atoms with van der Waals surface area (Å²) in [4.78, 5) is 24.2. The van der Waals surface area contributed by atoms with E-state index in [1.54, 1.807) is 18.2 Å². The number of aliphatic hydroxyl groups excluding tert-OH is 1. The molecule has 0 aliphatic heterocycles. The third-order valence-corrected chi connectivity index (χ3v) is 4.66. The summed E-state index contributed by atoms with van der Waals surface area (Å²) in [5.74, 6) is -1.43. The van der Waals surface area contributed by atoms with Gasteiger partial charge in [-0.15, -0.1) is 0 Å². The molecule has 0 fully saturated rings. The average Bonchev–Trinajstić information content (AvgIpc) is 3.18. The van der Waals surface area contributed by atoms with Gasteiger partial charge >= 0.3 is 6.18 Å². The molecule has 4 rings (SSSR count).